The van der Waals surface area contributed by atoms with E-state index in [9.17, 15) is 4.79 Å². The molecule has 1 N–H and O–H groups in total. The number of carbonyl (C=O) groups is 1. The van der Waals surface area contributed by atoms with Crippen LogP contribution in [0.25, 0.3) is 11.1 Å². The SMILES string of the molecule is COC(=O)c1cnc[nH]1.c1ccc(-c2ccccc2)cc1. The van der Waals surface area contributed by atoms with Gasteiger partial charge in [0.2, 0.25) is 0 Å². The molecule has 0 aliphatic rings. The van der Waals surface area contributed by atoms with E-state index in [-0.39, 0.29) is 0 Å². The summed E-state index contributed by atoms with van der Waals surface area (Å²) in [7, 11) is 1.32. The number of rotatable bonds is 2. The average molecular weight is 280 g/mol. The zero-order valence-corrected chi connectivity index (χ0v) is 11.7. The average Bonchev–Trinajstić information content (AvgIpc) is 3.11. The maximum Gasteiger partial charge on any atom is 0.356 e. The summed E-state index contributed by atoms with van der Waals surface area (Å²) in [5.74, 6) is -0.396. The molecule has 0 saturated carbocycles. The lowest BCUT2D eigenvalue weighted by atomic mass is 10.1. The van der Waals surface area contributed by atoms with Crippen molar-refractivity contribution in [2.75, 3.05) is 7.11 Å². The molecule has 106 valence electrons. The van der Waals surface area contributed by atoms with E-state index in [1.54, 1.807) is 0 Å². The van der Waals surface area contributed by atoms with Gasteiger partial charge in [0.25, 0.3) is 0 Å². The van der Waals surface area contributed by atoms with Gasteiger partial charge in [-0.1, -0.05) is 60.7 Å². The first-order valence-corrected chi connectivity index (χ1v) is 6.48. The van der Waals surface area contributed by atoms with Gasteiger partial charge in [0.1, 0.15) is 5.69 Å². The zero-order valence-electron chi connectivity index (χ0n) is 11.7. The molecule has 3 rings (SSSR count). The predicted octanol–water partition coefficient (Wildman–Crippen LogP) is 3.55. The summed E-state index contributed by atoms with van der Waals surface area (Å²) in [6.07, 6.45) is 2.83. The zero-order chi connectivity index (χ0) is 14.9. The number of hydrogen-bond acceptors (Lipinski definition) is 3. The third kappa shape index (κ3) is 4.31. The summed E-state index contributed by atoms with van der Waals surface area (Å²) in [5.41, 5.74) is 2.92. The van der Waals surface area contributed by atoms with Crippen LogP contribution in [0, 0.1) is 0 Å². The number of esters is 1. The maximum absolute atomic E-state index is 10.6. The maximum atomic E-state index is 10.6. The van der Waals surface area contributed by atoms with E-state index in [1.807, 2.05) is 12.1 Å². The quantitative estimate of drug-likeness (QED) is 0.730. The molecule has 0 aliphatic heterocycles. The molecular formula is C17H16N2O2. The van der Waals surface area contributed by atoms with Crippen molar-refractivity contribution in [1.82, 2.24) is 9.97 Å². The Kier molecular flexibility index (Phi) is 5.29. The van der Waals surface area contributed by atoms with Crippen LogP contribution in [0.5, 0.6) is 0 Å². The van der Waals surface area contributed by atoms with E-state index < -0.39 is 5.97 Å². The van der Waals surface area contributed by atoms with E-state index in [0.717, 1.165) is 0 Å². The summed E-state index contributed by atoms with van der Waals surface area (Å²) in [6, 6.07) is 20.8. The Morgan fingerprint density at radius 2 is 1.48 bits per heavy atom. The second-order valence-electron chi connectivity index (χ2n) is 4.19. The monoisotopic (exact) mass is 280 g/mol. The highest BCUT2D eigenvalue weighted by Gasteiger charge is 2.03. The Labute approximate surface area is 123 Å². The van der Waals surface area contributed by atoms with Crippen molar-refractivity contribution in [2.24, 2.45) is 0 Å². The summed E-state index contributed by atoms with van der Waals surface area (Å²) in [6.45, 7) is 0. The van der Waals surface area contributed by atoms with Gasteiger partial charge in [0.15, 0.2) is 0 Å². The van der Waals surface area contributed by atoms with Crippen LogP contribution in [-0.2, 0) is 4.74 Å². The lowest BCUT2D eigenvalue weighted by Gasteiger charge is -1.98. The first kappa shape index (κ1) is 14.5. The fourth-order valence-electron chi connectivity index (χ4n) is 1.74. The molecule has 4 nitrogen and oxygen atoms in total. The van der Waals surface area contributed by atoms with Crippen LogP contribution in [0.3, 0.4) is 0 Å². The van der Waals surface area contributed by atoms with Crippen LogP contribution in [0.4, 0.5) is 0 Å². The largest absolute Gasteiger partial charge is 0.464 e. The molecule has 0 atom stereocenters. The number of nitrogens with zero attached hydrogens (tertiary/aromatic N) is 1. The Morgan fingerprint density at radius 1 is 0.952 bits per heavy atom. The van der Waals surface area contributed by atoms with Crippen LogP contribution in [0.15, 0.2) is 73.2 Å². The lowest BCUT2D eigenvalue weighted by Crippen LogP contribution is -2.00. The minimum Gasteiger partial charge on any atom is -0.464 e. The molecule has 0 spiro atoms. The normalized spacial score (nSPS) is 9.38. The summed E-state index contributed by atoms with van der Waals surface area (Å²) in [4.78, 5) is 16.8. The van der Waals surface area contributed by atoms with Crippen LogP contribution < -0.4 is 0 Å². The fourth-order valence-corrected chi connectivity index (χ4v) is 1.74. The second kappa shape index (κ2) is 7.65. The summed E-state index contributed by atoms with van der Waals surface area (Å²) >= 11 is 0. The number of H-pyrrole nitrogens is 1. The summed E-state index contributed by atoms with van der Waals surface area (Å²) in [5, 5.41) is 0. The van der Waals surface area contributed by atoms with E-state index in [4.69, 9.17) is 0 Å². The fraction of sp³-hybridized carbons (Fsp3) is 0.0588. The predicted molar refractivity (Wildman–Crippen MR) is 81.8 cm³/mol. The highest BCUT2D eigenvalue weighted by molar-refractivity contribution is 5.86. The number of imidazole rings is 1. The topological polar surface area (TPSA) is 55.0 Å². The lowest BCUT2D eigenvalue weighted by molar-refractivity contribution is 0.0594. The molecule has 1 heterocycles. The smallest absolute Gasteiger partial charge is 0.356 e. The van der Waals surface area contributed by atoms with E-state index in [0.29, 0.717) is 5.69 Å². The molecule has 1 aromatic heterocycles. The van der Waals surface area contributed by atoms with Gasteiger partial charge >= 0.3 is 5.97 Å². The number of aromatic nitrogens is 2. The van der Waals surface area contributed by atoms with Crippen molar-refractivity contribution in [1.29, 1.82) is 0 Å². The number of carbonyl (C=O) groups excluding carboxylic acids is 1. The van der Waals surface area contributed by atoms with E-state index >= 15 is 0 Å². The minimum absolute atomic E-state index is 0.373. The van der Waals surface area contributed by atoms with Gasteiger partial charge in [0, 0.05) is 0 Å². The van der Waals surface area contributed by atoms with Gasteiger partial charge in [-0.05, 0) is 11.1 Å². The van der Waals surface area contributed by atoms with Crippen molar-refractivity contribution in [3.63, 3.8) is 0 Å². The van der Waals surface area contributed by atoms with Crippen LogP contribution in [-0.4, -0.2) is 23.0 Å². The van der Waals surface area contributed by atoms with Crippen molar-refractivity contribution >= 4 is 5.97 Å². The van der Waals surface area contributed by atoms with Gasteiger partial charge in [-0.2, -0.15) is 0 Å². The van der Waals surface area contributed by atoms with Gasteiger partial charge in [-0.15, -0.1) is 0 Å². The van der Waals surface area contributed by atoms with Crippen molar-refractivity contribution in [3.05, 3.63) is 78.9 Å². The molecule has 2 aromatic carbocycles. The molecule has 3 aromatic rings. The van der Waals surface area contributed by atoms with E-state index in [2.05, 4.69) is 63.2 Å². The summed E-state index contributed by atoms with van der Waals surface area (Å²) < 4.78 is 4.38. The Bertz CT molecular complexity index is 612. The number of ether oxygens (including phenoxy) is 1. The standard InChI is InChI=1S/C12H10.C5H6N2O2/c1-3-7-11(8-4-1)12-9-5-2-6-10-12;1-9-5(8)4-2-6-3-7-4/h1-10H;2-3H,1H3,(H,6,7). The second-order valence-corrected chi connectivity index (χ2v) is 4.19. The van der Waals surface area contributed by atoms with Gasteiger partial charge in [0.05, 0.1) is 19.6 Å². The van der Waals surface area contributed by atoms with Gasteiger partial charge in [-0.3, -0.25) is 0 Å². The molecule has 0 aliphatic carbocycles. The molecule has 0 saturated heterocycles. The Hall–Kier alpha value is -2.88. The Balaban J connectivity index is 0.000000161. The Morgan fingerprint density at radius 3 is 1.86 bits per heavy atom. The first-order chi connectivity index (χ1) is 10.3. The highest BCUT2D eigenvalue weighted by Crippen LogP contribution is 2.17. The molecule has 0 bridgehead atoms. The molecule has 0 fully saturated rings. The first-order valence-electron chi connectivity index (χ1n) is 6.48. The van der Waals surface area contributed by atoms with Crippen molar-refractivity contribution in [3.8, 4) is 11.1 Å². The molecular weight excluding hydrogens is 264 g/mol. The van der Waals surface area contributed by atoms with Gasteiger partial charge in [-0.25, -0.2) is 9.78 Å². The number of nitrogens with one attached hydrogen (secondary N) is 1. The molecule has 0 radical (unpaired) electrons. The van der Waals surface area contributed by atoms with Crippen molar-refractivity contribution < 1.29 is 9.53 Å². The number of hydrogen-bond donors (Lipinski definition) is 1. The van der Waals surface area contributed by atoms with Crippen molar-refractivity contribution in [2.45, 2.75) is 0 Å². The molecule has 0 amide bonds. The highest BCUT2D eigenvalue weighted by atomic mass is 16.5. The number of benzene rings is 2. The third-order valence-corrected chi connectivity index (χ3v) is 2.78. The van der Waals surface area contributed by atoms with Crippen LogP contribution >= 0.6 is 0 Å². The molecule has 4 heteroatoms. The third-order valence-electron chi connectivity index (χ3n) is 2.78. The molecule has 21 heavy (non-hydrogen) atoms. The van der Waals surface area contributed by atoms with Gasteiger partial charge < -0.3 is 9.72 Å². The molecule has 0 unspecified atom stereocenters. The number of aromatic amines is 1. The van der Waals surface area contributed by atoms with E-state index in [1.165, 1.54) is 30.8 Å². The van der Waals surface area contributed by atoms with Crippen LogP contribution in [0.2, 0.25) is 0 Å². The number of methoxy groups -OCH3 is 1. The van der Waals surface area contributed by atoms with Crippen LogP contribution in [0.1, 0.15) is 10.5 Å². The minimum atomic E-state index is -0.396.